The molecule has 0 saturated heterocycles. The zero-order valence-corrected chi connectivity index (χ0v) is 19.3. The van der Waals surface area contributed by atoms with Crippen LogP contribution in [0.15, 0.2) is 146 Å². The number of benzene rings is 5. The summed E-state index contributed by atoms with van der Waals surface area (Å²) in [6, 6.07) is 52.8. The molecule has 0 amide bonds. The Bertz CT molecular complexity index is 1140. The summed E-state index contributed by atoms with van der Waals surface area (Å²) < 4.78 is 0. The van der Waals surface area contributed by atoms with Gasteiger partial charge in [0.25, 0.3) is 0 Å². The summed E-state index contributed by atoms with van der Waals surface area (Å²) in [5.74, 6) is 0. The lowest BCUT2D eigenvalue weighted by molar-refractivity contribution is -0.00000584. The second-order valence-electron chi connectivity index (χ2n) is 7.59. The van der Waals surface area contributed by atoms with E-state index in [0.29, 0.717) is 0 Å². The summed E-state index contributed by atoms with van der Waals surface area (Å²) in [6.45, 7) is 0. The van der Waals surface area contributed by atoms with Gasteiger partial charge in [0.05, 0.1) is 0 Å². The second-order valence-corrected chi connectivity index (χ2v) is 11.0. The van der Waals surface area contributed by atoms with Crippen LogP contribution >= 0.6 is 7.26 Å². The number of halogens is 1. The molecule has 0 aromatic heterocycles. The summed E-state index contributed by atoms with van der Waals surface area (Å²) in [5.41, 5.74) is 2.49. The zero-order chi connectivity index (χ0) is 20.9. The van der Waals surface area contributed by atoms with Gasteiger partial charge in [0.15, 0.2) is 0 Å². The molecule has 156 valence electrons. The molecular weight excluding hydrogens is 427 g/mol. The molecule has 5 aromatic rings. The van der Waals surface area contributed by atoms with E-state index in [-0.39, 0.29) is 12.4 Å². The van der Waals surface area contributed by atoms with Crippen LogP contribution in [0.1, 0.15) is 0 Å². The van der Waals surface area contributed by atoms with E-state index < -0.39 is 7.26 Å². The van der Waals surface area contributed by atoms with Gasteiger partial charge in [0.1, 0.15) is 28.5 Å². The van der Waals surface area contributed by atoms with Crippen molar-refractivity contribution in [2.24, 2.45) is 0 Å². The molecule has 0 radical (unpaired) electrons. The van der Waals surface area contributed by atoms with E-state index in [0.717, 1.165) is 0 Å². The van der Waals surface area contributed by atoms with E-state index in [1.807, 2.05) is 0 Å². The topological polar surface area (TPSA) is 0 Å². The normalized spacial score (nSPS) is 10.9. The van der Waals surface area contributed by atoms with Crippen LogP contribution < -0.4 is 33.6 Å². The molecule has 5 rings (SSSR count). The molecule has 0 aliphatic heterocycles. The van der Waals surface area contributed by atoms with Crippen LogP contribution in [0.4, 0.5) is 0 Å². The van der Waals surface area contributed by atoms with E-state index in [4.69, 9.17) is 0 Å². The van der Waals surface area contributed by atoms with Crippen molar-refractivity contribution in [3.05, 3.63) is 146 Å². The van der Waals surface area contributed by atoms with Gasteiger partial charge in [-0.25, -0.2) is 0 Å². The number of rotatable bonds is 5. The van der Waals surface area contributed by atoms with Crippen LogP contribution in [0.5, 0.6) is 0 Å². The fourth-order valence-corrected chi connectivity index (χ4v) is 8.60. The third-order valence-corrected chi connectivity index (χ3v) is 10.1. The minimum absolute atomic E-state index is 0. The van der Waals surface area contributed by atoms with Gasteiger partial charge < -0.3 is 12.4 Å². The Morgan fingerprint density at radius 2 is 0.562 bits per heavy atom. The van der Waals surface area contributed by atoms with Crippen LogP contribution in [-0.2, 0) is 0 Å². The van der Waals surface area contributed by atoms with Gasteiger partial charge in [-0.05, 0) is 59.7 Å². The Morgan fingerprint density at radius 3 is 0.938 bits per heavy atom. The maximum Gasteiger partial charge on any atom is 0.144 e. The molecule has 0 fully saturated rings. The van der Waals surface area contributed by atoms with Crippen LogP contribution in [0.2, 0.25) is 0 Å². The van der Waals surface area contributed by atoms with Crippen molar-refractivity contribution in [3.8, 4) is 11.1 Å². The maximum atomic E-state index is 2.34. The molecular formula is C30H24ClP. The van der Waals surface area contributed by atoms with Crippen molar-refractivity contribution in [1.82, 2.24) is 0 Å². The Morgan fingerprint density at radius 1 is 0.281 bits per heavy atom. The molecule has 0 bridgehead atoms. The quantitative estimate of drug-likeness (QED) is 0.361. The Balaban J connectivity index is 0.00000245. The highest BCUT2D eigenvalue weighted by Gasteiger charge is 2.47. The third kappa shape index (κ3) is 4.00. The summed E-state index contributed by atoms with van der Waals surface area (Å²) >= 11 is 0. The first-order chi connectivity index (χ1) is 15.4. The molecule has 2 heteroatoms. The predicted molar refractivity (Wildman–Crippen MR) is 137 cm³/mol. The van der Waals surface area contributed by atoms with Gasteiger partial charge in [-0.15, -0.1) is 0 Å². The van der Waals surface area contributed by atoms with E-state index in [2.05, 4.69) is 146 Å². The van der Waals surface area contributed by atoms with E-state index in [1.54, 1.807) is 0 Å². The average molecular weight is 451 g/mol. The predicted octanol–water partition coefficient (Wildman–Crippen LogP) is 2.98. The van der Waals surface area contributed by atoms with Crippen LogP contribution in [0, 0.1) is 0 Å². The molecule has 0 saturated carbocycles. The highest BCUT2D eigenvalue weighted by atomic mass is 35.5. The smallest absolute Gasteiger partial charge is 0.144 e. The van der Waals surface area contributed by atoms with Gasteiger partial charge >= 0.3 is 0 Å². The lowest BCUT2D eigenvalue weighted by Crippen LogP contribution is -3.00. The molecule has 0 spiro atoms. The molecule has 0 nitrogen and oxygen atoms in total. The highest BCUT2D eigenvalue weighted by molar-refractivity contribution is 8.01. The van der Waals surface area contributed by atoms with Gasteiger partial charge in [-0.1, -0.05) is 97.1 Å². The first-order valence-electron chi connectivity index (χ1n) is 10.6. The van der Waals surface area contributed by atoms with E-state index in [9.17, 15) is 0 Å². The molecule has 32 heavy (non-hydrogen) atoms. The van der Waals surface area contributed by atoms with Crippen molar-refractivity contribution in [2.45, 2.75) is 0 Å². The van der Waals surface area contributed by atoms with Crippen LogP contribution in [-0.4, -0.2) is 0 Å². The summed E-state index contributed by atoms with van der Waals surface area (Å²) in [7, 11) is -2.02. The van der Waals surface area contributed by atoms with E-state index in [1.165, 1.54) is 32.3 Å². The van der Waals surface area contributed by atoms with Crippen molar-refractivity contribution < 1.29 is 12.4 Å². The zero-order valence-electron chi connectivity index (χ0n) is 17.7. The van der Waals surface area contributed by atoms with Crippen molar-refractivity contribution in [1.29, 1.82) is 0 Å². The van der Waals surface area contributed by atoms with Gasteiger partial charge in [0, 0.05) is 0 Å². The summed E-state index contributed by atoms with van der Waals surface area (Å²) in [5, 5.41) is 5.50. The fraction of sp³-hybridized carbons (Fsp3) is 0. The Hall–Kier alpha value is -3.18. The first-order valence-corrected chi connectivity index (χ1v) is 12.4. The highest BCUT2D eigenvalue weighted by Crippen LogP contribution is 2.54. The standard InChI is InChI=1S/C30H24P.ClH/c1-5-13-25(14-6-1)26-21-23-30(24-22-26)31(27-15-7-2-8-16-27,28-17-9-3-10-18-28)29-19-11-4-12-20-29;/h1-24H;1H/q+1;/p-1. The fourth-order valence-electron chi connectivity index (χ4n) is 4.36. The van der Waals surface area contributed by atoms with Crippen LogP contribution in [0.3, 0.4) is 0 Å². The Kier molecular flexibility index (Phi) is 6.86. The lowest BCUT2D eigenvalue weighted by atomic mass is 10.1. The molecule has 0 atom stereocenters. The maximum absolute atomic E-state index is 2.34. The number of hydrogen-bond acceptors (Lipinski definition) is 0. The molecule has 0 N–H and O–H groups in total. The minimum Gasteiger partial charge on any atom is -1.00 e. The Labute approximate surface area is 197 Å². The summed E-state index contributed by atoms with van der Waals surface area (Å²) in [6.07, 6.45) is 0. The average Bonchev–Trinajstić information content (AvgIpc) is 2.88. The molecule has 0 unspecified atom stereocenters. The van der Waals surface area contributed by atoms with Crippen molar-refractivity contribution >= 4 is 28.5 Å². The van der Waals surface area contributed by atoms with Crippen molar-refractivity contribution in [3.63, 3.8) is 0 Å². The van der Waals surface area contributed by atoms with Gasteiger partial charge in [0.2, 0.25) is 0 Å². The second kappa shape index (κ2) is 9.96. The molecule has 0 aliphatic carbocycles. The summed E-state index contributed by atoms with van der Waals surface area (Å²) in [4.78, 5) is 0. The van der Waals surface area contributed by atoms with Crippen LogP contribution in [0.25, 0.3) is 11.1 Å². The largest absolute Gasteiger partial charge is 1.00 e. The van der Waals surface area contributed by atoms with Gasteiger partial charge in [-0.2, -0.15) is 0 Å². The minimum atomic E-state index is -2.02. The van der Waals surface area contributed by atoms with Crippen molar-refractivity contribution in [2.75, 3.05) is 0 Å². The molecule has 5 aromatic carbocycles. The molecule has 0 heterocycles. The molecule has 0 aliphatic rings. The van der Waals surface area contributed by atoms with Gasteiger partial charge in [-0.3, -0.25) is 0 Å². The van der Waals surface area contributed by atoms with E-state index >= 15 is 0 Å². The number of hydrogen-bond donors (Lipinski definition) is 0. The first kappa shape index (κ1) is 22.0. The monoisotopic (exact) mass is 450 g/mol. The SMILES string of the molecule is [Cl-].c1ccc(-c2ccc([P+](c3ccccc3)(c3ccccc3)c3ccccc3)cc2)cc1. The lowest BCUT2D eigenvalue weighted by Gasteiger charge is -2.27. The third-order valence-electron chi connectivity index (χ3n) is 5.79.